The topological polar surface area (TPSA) is 16.3 Å². The van der Waals surface area contributed by atoms with Gasteiger partial charge in [0.15, 0.2) is 0 Å². The molecule has 4 nitrogen and oxygen atoms in total. The summed E-state index contributed by atoms with van der Waals surface area (Å²) in [6, 6.07) is 102. The number of benzene rings is 11. The predicted molar refractivity (Wildman–Crippen MR) is 318 cm³/mol. The van der Waals surface area contributed by atoms with Crippen LogP contribution in [0.15, 0.2) is 279 Å². The summed E-state index contributed by atoms with van der Waals surface area (Å²) in [4.78, 5) is 4.70. The van der Waals surface area contributed by atoms with Gasteiger partial charge in [-0.05, 0) is 126 Å². The van der Waals surface area contributed by atoms with E-state index in [1.54, 1.807) is 0 Å². The van der Waals surface area contributed by atoms with Gasteiger partial charge in [-0.3, -0.25) is 0 Å². The highest BCUT2D eigenvalue weighted by Gasteiger charge is 2.32. The lowest BCUT2D eigenvalue weighted by molar-refractivity contribution is 1.12. The summed E-state index contributed by atoms with van der Waals surface area (Å²) in [6.07, 6.45) is 0. The van der Waals surface area contributed by atoms with Crippen molar-refractivity contribution in [2.75, 3.05) is 9.80 Å². The van der Waals surface area contributed by atoms with Crippen LogP contribution in [0.1, 0.15) is 0 Å². The van der Waals surface area contributed by atoms with Gasteiger partial charge in [0.1, 0.15) is 0 Å². The van der Waals surface area contributed by atoms with Gasteiger partial charge in [-0.2, -0.15) is 0 Å². The zero-order valence-corrected chi connectivity index (χ0v) is 41.6. The molecule has 0 fully saturated rings. The van der Waals surface area contributed by atoms with Gasteiger partial charge >= 0.3 is 0 Å². The SMILES string of the molecule is c1ccc(N(c2ccccc2)c2ccc(-n3c4c(c5ccccc53)-c3ccccc3-c3c(c5ccccc5n3-c3ccc(N(c5ccccc5)c5ccc6c(c5)sc5ccccc56)cc3)-c3ccccc3-4)cc2)cc1. The molecule has 75 heavy (non-hydrogen) atoms. The fraction of sp³-hybridized carbons (Fsp3) is 0. The predicted octanol–water partition coefficient (Wildman–Crippen LogP) is 19.9. The Morgan fingerprint density at radius 3 is 1.08 bits per heavy atom. The average molecular weight is 975 g/mol. The second-order valence-electron chi connectivity index (χ2n) is 19.2. The molecule has 0 N–H and O–H groups in total. The van der Waals surface area contributed by atoms with E-state index in [0.717, 1.165) is 56.5 Å². The first-order chi connectivity index (χ1) is 37.2. The Kier molecular flexibility index (Phi) is 10.0. The first kappa shape index (κ1) is 43.0. The lowest BCUT2D eigenvalue weighted by Crippen LogP contribution is -2.10. The molecule has 0 aliphatic heterocycles. The van der Waals surface area contributed by atoms with Crippen LogP contribution >= 0.6 is 11.3 Å². The quantitative estimate of drug-likeness (QED) is 0.151. The van der Waals surface area contributed by atoms with Crippen molar-refractivity contribution in [1.82, 2.24) is 9.13 Å². The van der Waals surface area contributed by atoms with Gasteiger partial charge < -0.3 is 18.9 Å². The van der Waals surface area contributed by atoms with Gasteiger partial charge in [-0.25, -0.2) is 0 Å². The van der Waals surface area contributed by atoms with Crippen LogP contribution in [0.3, 0.4) is 0 Å². The molecule has 1 aliphatic carbocycles. The highest BCUT2D eigenvalue weighted by atomic mass is 32.1. The molecule has 11 aromatic carbocycles. The van der Waals surface area contributed by atoms with E-state index < -0.39 is 0 Å². The van der Waals surface area contributed by atoms with Crippen molar-refractivity contribution in [2.24, 2.45) is 0 Å². The fourth-order valence-electron chi connectivity index (χ4n) is 11.9. The zero-order chi connectivity index (χ0) is 49.4. The van der Waals surface area contributed by atoms with Gasteiger partial charge in [0.25, 0.3) is 0 Å². The summed E-state index contributed by atoms with van der Waals surface area (Å²) in [7, 11) is 0. The smallest absolute Gasteiger partial charge is 0.0625 e. The summed E-state index contributed by atoms with van der Waals surface area (Å²) in [5, 5.41) is 5.01. The van der Waals surface area contributed by atoms with Crippen LogP contribution in [0.25, 0.3) is 98.1 Å². The molecule has 0 radical (unpaired) electrons. The molecule has 0 bridgehead atoms. The molecule has 0 unspecified atom stereocenters. The van der Waals surface area contributed by atoms with E-state index in [1.165, 1.54) is 75.7 Å². The monoisotopic (exact) mass is 974 g/mol. The Labute approximate surface area is 439 Å². The lowest BCUT2D eigenvalue weighted by Gasteiger charge is -2.26. The van der Waals surface area contributed by atoms with E-state index in [-0.39, 0.29) is 0 Å². The van der Waals surface area contributed by atoms with Crippen molar-refractivity contribution < 1.29 is 0 Å². The van der Waals surface area contributed by atoms with Crippen molar-refractivity contribution in [2.45, 2.75) is 0 Å². The summed E-state index contributed by atoms with van der Waals surface area (Å²) >= 11 is 1.85. The van der Waals surface area contributed by atoms with E-state index in [9.17, 15) is 0 Å². The van der Waals surface area contributed by atoms with Crippen LogP contribution in [0, 0.1) is 0 Å². The molecule has 352 valence electrons. The van der Waals surface area contributed by atoms with E-state index in [2.05, 4.69) is 298 Å². The van der Waals surface area contributed by atoms with Crippen LogP contribution in [0.4, 0.5) is 34.1 Å². The number of para-hydroxylation sites is 5. The van der Waals surface area contributed by atoms with Gasteiger partial charge in [0.05, 0.1) is 22.4 Å². The summed E-state index contributed by atoms with van der Waals surface area (Å²) in [5.41, 5.74) is 20.7. The van der Waals surface area contributed by atoms with Crippen LogP contribution in [-0.2, 0) is 0 Å². The number of hydrogen-bond acceptors (Lipinski definition) is 3. The van der Waals surface area contributed by atoms with Crippen LogP contribution < -0.4 is 9.80 Å². The fourth-order valence-corrected chi connectivity index (χ4v) is 13.0. The van der Waals surface area contributed by atoms with Crippen LogP contribution in [-0.4, -0.2) is 9.13 Å². The summed E-state index contributed by atoms with van der Waals surface area (Å²) in [6.45, 7) is 0. The van der Waals surface area contributed by atoms with Crippen molar-refractivity contribution >= 4 is 87.4 Å². The number of nitrogens with zero attached hydrogens (tertiary/aromatic N) is 4. The molecular formula is C70H46N4S. The third-order valence-electron chi connectivity index (χ3n) is 15.0. The van der Waals surface area contributed by atoms with Gasteiger partial charge in [-0.1, -0.05) is 164 Å². The standard InChI is InChI=1S/C70H46N4S/c1-4-20-47(21-5-1)71(48-22-6-2-7-23-48)50-36-40-52(41-37-50)73-63-33-17-14-31-61(63)67-58-28-11-13-30-60(58)70-68(57-27-10-12-29-59(57)69(67)73)62-32-15-18-34-64(62)74(70)53-42-38-51(39-43-53)72(49-24-8-3-9-25-49)54-44-45-56-55-26-16-19-35-65(55)75-66(56)46-54/h1-46H. The minimum Gasteiger partial charge on any atom is -0.311 e. The number of anilines is 6. The maximum Gasteiger partial charge on any atom is 0.0625 e. The second-order valence-corrected chi connectivity index (χ2v) is 20.3. The molecule has 0 saturated heterocycles. The van der Waals surface area contributed by atoms with Crippen molar-refractivity contribution in [1.29, 1.82) is 0 Å². The van der Waals surface area contributed by atoms with Crippen molar-refractivity contribution in [3.63, 3.8) is 0 Å². The van der Waals surface area contributed by atoms with Crippen LogP contribution in [0.5, 0.6) is 0 Å². The molecule has 0 saturated carbocycles. The van der Waals surface area contributed by atoms with Gasteiger partial charge in [0, 0.05) is 98.7 Å². The Bertz CT molecular complexity index is 4410. The van der Waals surface area contributed by atoms with Crippen molar-refractivity contribution in [3.8, 4) is 56.1 Å². The van der Waals surface area contributed by atoms with E-state index in [0.29, 0.717) is 0 Å². The van der Waals surface area contributed by atoms with E-state index in [1.807, 2.05) is 11.3 Å². The first-order valence-corrected chi connectivity index (χ1v) is 26.4. The Balaban J connectivity index is 0.919. The normalized spacial score (nSPS) is 11.7. The van der Waals surface area contributed by atoms with Crippen molar-refractivity contribution in [3.05, 3.63) is 279 Å². The molecule has 15 rings (SSSR count). The molecule has 5 heteroatoms. The molecule has 0 amide bonds. The summed E-state index contributed by atoms with van der Waals surface area (Å²) < 4.78 is 7.59. The second kappa shape index (κ2) is 17.5. The number of aromatic nitrogens is 2. The average Bonchev–Trinajstić information content (AvgIpc) is 4.16. The number of rotatable bonds is 8. The third-order valence-corrected chi connectivity index (χ3v) is 16.2. The van der Waals surface area contributed by atoms with Crippen LogP contribution in [0.2, 0.25) is 0 Å². The molecule has 14 aromatic rings. The summed E-state index contributed by atoms with van der Waals surface area (Å²) in [5.74, 6) is 0. The maximum atomic E-state index is 2.51. The lowest BCUT2D eigenvalue weighted by atomic mass is 9.84. The number of fused-ring (bicyclic) bond motifs is 15. The molecule has 1 aliphatic rings. The number of hydrogen-bond donors (Lipinski definition) is 0. The molecule has 0 spiro atoms. The minimum absolute atomic E-state index is 1.09. The zero-order valence-electron chi connectivity index (χ0n) is 40.8. The molecular weight excluding hydrogens is 929 g/mol. The molecule has 3 aromatic heterocycles. The Morgan fingerprint density at radius 1 is 0.253 bits per heavy atom. The Hall–Kier alpha value is -9.68. The maximum absolute atomic E-state index is 2.51. The largest absolute Gasteiger partial charge is 0.311 e. The van der Waals surface area contributed by atoms with Gasteiger partial charge in [-0.15, -0.1) is 11.3 Å². The highest BCUT2D eigenvalue weighted by molar-refractivity contribution is 7.25. The minimum atomic E-state index is 1.09. The molecule has 0 atom stereocenters. The molecule has 3 heterocycles. The van der Waals surface area contributed by atoms with Gasteiger partial charge in [0.2, 0.25) is 0 Å². The third kappa shape index (κ3) is 6.90. The first-order valence-electron chi connectivity index (χ1n) is 25.6. The number of thiophene rings is 1. The van der Waals surface area contributed by atoms with E-state index in [4.69, 9.17) is 0 Å². The highest BCUT2D eigenvalue weighted by Crippen LogP contribution is 2.55. The van der Waals surface area contributed by atoms with E-state index >= 15 is 0 Å². The Morgan fingerprint density at radius 2 is 0.600 bits per heavy atom.